The molecular formula is C10H21F3O2. The maximum atomic E-state index is 11.8. The van der Waals surface area contributed by atoms with Gasteiger partial charge in [-0.25, -0.2) is 0 Å². The summed E-state index contributed by atoms with van der Waals surface area (Å²) in [7, 11) is 0. The molecule has 2 N–H and O–H groups in total. The molecule has 94 valence electrons. The molecule has 0 saturated heterocycles. The molecule has 0 aromatic carbocycles. The predicted molar refractivity (Wildman–Crippen MR) is 53.5 cm³/mol. The van der Waals surface area contributed by atoms with Crippen LogP contribution in [0.2, 0.25) is 0 Å². The van der Waals surface area contributed by atoms with Gasteiger partial charge in [-0.2, -0.15) is 13.2 Å². The fraction of sp³-hybridized carbons (Fsp3) is 1.00. The summed E-state index contributed by atoms with van der Waals surface area (Å²) in [5, 5.41) is 17.7. The van der Waals surface area contributed by atoms with Crippen LogP contribution in [0.3, 0.4) is 0 Å². The molecule has 0 aliphatic rings. The highest BCUT2D eigenvalue weighted by Gasteiger charge is 2.34. The van der Waals surface area contributed by atoms with Crippen LogP contribution < -0.4 is 0 Å². The van der Waals surface area contributed by atoms with E-state index < -0.39 is 31.2 Å². The van der Waals surface area contributed by atoms with Gasteiger partial charge >= 0.3 is 6.18 Å². The maximum Gasteiger partial charge on any atom is 0.389 e. The highest BCUT2D eigenvalue weighted by atomic mass is 19.4. The van der Waals surface area contributed by atoms with Gasteiger partial charge in [-0.1, -0.05) is 20.8 Å². The van der Waals surface area contributed by atoms with Crippen molar-refractivity contribution in [1.82, 2.24) is 0 Å². The first-order valence-corrected chi connectivity index (χ1v) is 5.17. The number of hydrogen-bond donors (Lipinski definition) is 2. The van der Waals surface area contributed by atoms with Gasteiger partial charge in [0.1, 0.15) is 0 Å². The second-order valence-electron chi connectivity index (χ2n) is 3.28. The molecule has 0 aliphatic carbocycles. The minimum atomic E-state index is -4.22. The Kier molecular flexibility index (Phi) is 9.05. The summed E-state index contributed by atoms with van der Waals surface area (Å²) in [5.41, 5.74) is -0.977. The lowest BCUT2D eigenvalue weighted by Gasteiger charge is -2.28. The molecule has 0 saturated carbocycles. The molecular weight excluding hydrogens is 209 g/mol. The molecule has 5 heteroatoms. The SMILES string of the molecule is CC.CCC(CO)(CO)CCC(F)(F)F. The van der Waals surface area contributed by atoms with E-state index in [1.165, 1.54) is 0 Å². The number of alkyl halides is 3. The first-order valence-electron chi connectivity index (χ1n) is 5.17. The Morgan fingerprint density at radius 3 is 1.53 bits per heavy atom. The van der Waals surface area contributed by atoms with Crippen molar-refractivity contribution in [2.24, 2.45) is 5.41 Å². The van der Waals surface area contributed by atoms with Crippen molar-refractivity contribution in [3.63, 3.8) is 0 Å². The van der Waals surface area contributed by atoms with Crippen LogP contribution in [-0.4, -0.2) is 29.6 Å². The van der Waals surface area contributed by atoms with E-state index in [1.807, 2.05) is 13.8 Å². The van der Waals surface area contributed by atoms with E-state index in [0.29, 0.717) is 6.42 Å². The third-order valence-corrected chi connectivity index (χ3v) is 2.36. The predicted octanol–water partition coefficient (Wildman–Crippen LogP) is 2.74. The number of aliphatic hydroxyl groups excluding tert-OH is 2. The van der Waals surface area contributed by atoms with Gasteiger partial charge in [0, 0.05) is 11.8 Å². The summed E-state index contributed by atoms with van der Waals surface area (Å²) in [6, 6.07) is 0. The number of aliphatic hydroxyl groups is 2. The summed E-state index contributed by atoms with van der Waals surface area (Å²) in [6.07, 6.45) is -5.05. The third-order valence-electron chi connectivity index (χ3n) is 2.36. The standard InChI is InChI=1S/C8H15F3O2.C2H6/c1-2-7(5-12,6-13)3-4-8(9,10)11;1-2/h12-13H,2-6H2,1H3;1-2H3. The molecule has 15 heavy (non-hydrogen) atoms. The Labute approximate surface area is 89.1 Å². The van der Waals surface area contributed by atoms with Crippen LogP contribution in [-0.2, 0) is 0 Å². The van der Waals surface area contributed by atoms with Crippen molar-refractivity contribution in [1.29, 1.82) is 0 Å². The van der Waals surface area contributed by atoms with Crippen LogP contribution >= 0.6 is 0 Å². The molecule has 0 rings (SSSR count). The quantitative estimate of drug-likeness (QED) is 0.762. The van der Waals surface area contributed by atoms with Gasteiger partial charge < -0.3 is 10.2 Å². The van der Waals surface area contributed by atoms with Crippen molar-refractivity contribution in [2.45, 2.75) is 46.2 Å². The normalized spacial score (nSPS) is 12.0. The second-order valence-corrected chi connectivity index (χ2v) is 3.28. The van der Waals surface area contributed by atoms with Crippen molar-refractivity contribution < 1.29 is 23.4 Å². The number of halogens is 3. The van der Waals surface area contributed by atoms with Gasteiger partial charge in [-0.05, 0) is 12.8 Å². The summed E-state index contributed by atoms with van der Waals surface area (Å²) < 4.78 is 35.5. The van der Waals surface area contributed by atoms with Crippen LogP contribution in [0, 0.1) is 5.41 Å². The van der Waals surface area contributed by atoms with Gasteiger partial charge in [0.2, 0.25) is 0 Å². The van der Waals surface area contributed by atoms with Gasteiger partial charge in [-0.3, -0.25) is 0 Å². The molecule has 2 nitrogen and oxygen atoms in total. The largest absolute Gasteiger partial charge is 0.396 e. The fourth-order valence-electron chi connectivity index (χ4n) is 1.02. The van der Waals surface area contributed by atoms with Crippen LogP contribution in [0.4, 0.5) is 13.2 Å². The molecule has 0 spiro atoms. The summed E-state index contributed by atoms with van der Waals surface area (Å²) in [4.78, 5) is 0. The molecule has 0 heterocycles. The Bertz CT molecular complexity index is 134. The maximum absolute atomic E-state index is 11.8. The van der Waals surface area contributed by atoms with E-state index in [0.717, 1.165) is 0 Å². The van der Waals surface area contributed by atoms with E-state index in [4.69, 9.17) is 10.2 Å². The number of rotatable bonds is 5. The molecule has 0 radical (unpaired) electrons. The molecule has 0 atom stereocenters. The smallest absolute Gasteiger partial charge is 0.389 e. The van der Waals surface area contributed by atoms with Crippen LogP contribution in [0.5, 0.6) is 0 Å². The van der Waals surface area contributed by atoms with Gasteiger partial charge in [0.25, 0.3) is 0 Å². The lowest BCUT2D eigenvalue weighted by molar-refractivity contribution is -0.144. The first-order chi connectivity index (χ1) is 6.89. The third kappa shape index (κ3) is 7.62. The molecule has 0 fully saturated rings. The summed E-state index contributed by atoms with van der Waals surface area (Å²) in [5.74, 6) is 0. The Morgan fingerprint density at radius 2 is 1.33 bits per heavy atom. The molecule has 0 bridgehead atoms. The minimum Gasteiger partial charge on any atom is -0.396 e. The fourth-order valence-corrected chi connectivity index (χ4v) is 1.02. The van der Waals surface area contributed by atoms with E-state index >= 15 is 0 Å². The summed E-state index contributed by atoms with van der Waals surface area (Å²) in [6.45, 7) is 4.84. The van der Waals surface area contributed by atoms with Gasteiger partial charge in [0.15, 0.2) is 0 Å². The molecule has 0 amide bonds. The average Bonchev–Trinajstić information content (AvgIpc) is 2.22. The van der Waals surface area contributed by atoms with Crippen molar-refractivity contribution in [3.05, 3.63) is 0 Å². The Balaban J connectivity index is 0. The van der Waals surface area contributed by atoms with Crippen LogP contribution in [0.1, 0.15) is 40.0 Å². The molecule has 0 aromatic rings. The van der Waals surface area contributed by atoms with E-state index in [1.54, 1.807) is 6.92 Å². The monoisotopic (exact) mass is 230 g/mol. The van der Waals surface area contributed by atoms with Gasteiger partial charge in [-0.15, -0.1) is 0 Å². The minimum absolute atomic E-state index is 0.222. The zero-order valence-corrected chi connectivity index (χ0v) is 9.56. The lowest BCUT2D eigenvalue weighted by Crippen LogP contribution is -2.30. The van der Waals surface area contributed by atoms with Crippen molar-refractivity contribution >= 4 is 0 Å². The molecule has 0 aliphatic heterocycles. The lowest BCUT2D eigenvalue weighted by atomic mass is 9.82. The Hall–Kier alpha value is -0.290. The zero-order valence-electron chi connectivity index (χ0n) is 9.56. The van der Waals surface area contributed by atoms with E-state index in [-0.39, 0.29) is 6.42 Å². The average molecular weight is 230 g/mol. The van der Waals surface area contributed by atoms with Crippen molar-refractivity contribution in [2.75, 3.05) is 13.2 Å². The van der Waals surface area contributed by atoms with E-state index in [9.17, 15) is 13.2 Å². The Morgan fingerprint density at radius 1 is 0.933 bits per heavy atom. The molecule has 0 unspecified atom stereocenters. The van der Waals surface area contributed by atoms with E-state index in [2.05, 4.69) is 0 Å². The van der Waals surface area contributed by atoms with Crippen LogP contribution in [0.15, 0.2) is 0 Å². The highest BCUT2D eigenvalue weighted by molar-refractivity contribution is 4.77. The number of hydrogen-bond acceptors (Lipinski definition) is 2. The second kappa shape index (κ2) is 7.93. The summed E-state index contributed by atoms with van der Waals surface area (Å²) >= 11 is 0. The topological polar surface area (TPSA) is 40.5 Å². The zero-order chi connectivity index (χ0) is 12.5. The highest BCUT2D eigenvalue weighted by Crippen LogP contribution is 2.32. The van der Waals surface area contributed by atoms with Crippen molar-refractivity contribution in [3.8, 4) is 0 Å². The molecule has 0 aromatic heterocycles. The first kappa shape index (κ1) is 17.1. The van der Waals surface area contributed by atoms with Gasteiger partial charge in [0.05, 0.1) is 13.2 Å². The van der Waals surface area contributed by atoms with Crippen LogP contribution in [0.25, 0.3) is 0 Å².